The Kier molecular flexibility index (Phi) is 4.22. The van der Waals surface area contributed by atoms with Crippen LogP contribution in [0.3, 0.4) is 0 Å². The fourth-order valence-corrected chi connectivity index (χ4v) is 2.82. The number of hydrogen-bond donors (Lipinski definition) is 1. The monoisotopic (exact) mass is 311 g/mol. The third kappa shape index (κ3) is 2.51. The van der Waals surface area contributed by atoms with E-state index in [0.29, 0.717) is 17.4 Å². The van der Waals surface area contributed by atoms with Crippen LogP contribution in [-0.2, 0) is 0 Å². The van der Waals surface area contributed by atoms with Crippen LogP contribution in [0.25, 0.3) is 0 Å². The van der Waals surface area contributed by atoms with E-state index in [-0.39, 0.29) is 5.91 Å². The van der Waals surface area contributed by atoms with Gasteiger partial charge in [-0.05, 0) is 41.3 Å². The van der Waals surface area contributed by atoms with E-state index >= 15 is 0 Å². The van der Waals surface area contributed by atoms with Gasteiger partial charge in [0.25, 0.3) is 5.91 Å². The molecule has 4 nitrogen and oxygen atoms in total. The van der Waals surface area contributed by atoms with Crippen LogP contribution < -0.4 is 5.32 Å². The van der Waals surface area contributed by atoms with Crippen molar-refractivity contribution in [1.82, 2.24) is 9.88 Å². The molecule has 1 N–H and O–H groups in total. The van der Waals surface area contributed by atoms with Crippen LogP contribution in [0.2, 0.25) is 0 Å². The second kappa shape index (κ2) is 5.69. The molecule has 18 heavy (non-hydrogen) atoms. The Labute approximate surface area is 116 Å². The van der Waals surface area contributed by atoms with Crippen LogP contribution in [-0.4, -0.2) is 35.4 Å². The van der Waals surface area contributed by atoms with Crippen LogP contribution in [0.5, 0.6) is 0 Å². The van der Waals surface area contributed by atoms with Gasteiger partial charge in [-0.3, -0.25) is 4.79 Å². The van der Waals surface area contributed by atoms with Crippen molar-refractivity contribution in [3.63, 3.8) is 0 Å². The highest BCUT2D eigenvalue weighted by Crippen LogP contribution is 2.25. The maximum absolute atomic E-state index is 12.6. The van der Waals surface area contributed by atoms with Gasteiger partial charge in [0.05, 0.1) is 5.56 Å². The van der Waals surface area contributed by atoms with Crippen LogP contribution in [0.1, 0.15) is 36.5 Å². The molecular weight excluding hydrogens is 294 g/mol. The van der Waals surface area contributed by atoms with E-state index in [1.165, 1.54) is 0 Å². The number of nitrogens with zero attached hydrogens (tertiary/aromatic N) is 2. The highest BCUT2D eigenvalue weighted by atomic mass is 79.9. The van der Waals surface area contributed by atoms with E-state index in [9.17, 15) is 4.79 Å². The van der Waals surface area contributed by atoms with Crippen molar-refractivity contribution in [3.05, 3.63) is 22.3 Å². The number of anilines is 1. The standard InChI is InChI=1S/C13H18BrN3O/c1-3-10-5-4-6-17(10)13(18)11-7-9(14)8-16-12(11)15-2/h7-8,10H,3-6H2,1-2H3,(H,15,16). The lowest BCUT2D eigenvalue weighted by molar-refractivity contribution is 0.0734. The summed E-state index contributed by atoms with van der Waals surface area (Å²) >= 11 is 3.37. The molecule has 1 fully saturated rings. The van der Waals surface area contributed by atoms with Gasteiger partial charge in [-0.15, -0.1) is 0 Å². The van der Waals surface area contributed by atoms with E-state index in [1.807, 2.05) is 11.0 Å². The van der Waals surface area contributed by atoms with Crippen molar-refractivity contribution < 1.29 is 4.79 Å². The molecule has 0 aromatic carbocycles. The summed E-state index contributed by atoms with van der Waals surface area (Å²) in [5, 5.41) is 2.98. The number of rotatable bonds is 3. The van der Waals surface area contributed by atoms with Crippen molar-refractivity contribution in [3.8, 4) is 0 Å². The second-order valence-corrected chi connectivity index (χ2v) is 5.42. The topological polar surface area (TPSA) is 45.2 Å². The number of carbonyl (C=O) groups excluding carboxylic acids is 1. The summed E-state index contributed by atoms with van der Waals surface area (Å²) < 4.78 is 0.831. The third-order valence-electron chi connectivity index (χ3n) is 3.43. The van der Waals surface area contributed by atoms with Gasteiger partial charge in [0.2, 0.25) is 0 Å². The number of carbonyl (C=O) groups is 1. The normalized spacial score (nSPS) is 19.1. The molecule has 1 aliphatic rings. The van der Waals surface area contributed by atoms with Gasteiger partial charge in [0.15, 0.2) is 0 Å². The summed E-state index contributed by atoms with van der Waals surface area (Å²) in [5.74, 6) is 0.724. The zero-order valence-electron chi connectivity index (χ0n) is 10.7. The molecule has 2 rings (SSSR count). The van der Waals surface area contributed by atoms with E-state index in [2.05, 4.69) is 33.2 Å². The van der Waals surface area contributed by atoms with Crippen LogP contribution in [0.15, 0.2) is 16.7 Å². The Hall–Kier alpha value is -1.10. The van der Waals surface area contributed by atoms with Crippen molar-refractivity contribution in [2.45, 2.75) is 32.2 Å². The van der Waals surface area contributed by atoms with Crippen LogP contribution >= 0.6 is 15.9 Å². The van der Waals surface area contributed by atoms with Gasteiger partial charge < -0.3 is 10.2 Å². The molecule has 1 saturated heterocycles. The Morgan fingerprint density at radius 1 is 1.67 bits per heavy atom. The minimum absolute atomic E-state index is 0.0810. The number of likely N-dealkylation sites (tertiary alicyclic amines) is 1. The summed E-state index contributed by atoms with van der Waals surface area (Å²) in [6.45, 7) is 2.99. The molecule has 1 amide bonds. The Morgan fingerprint density at radius 3 is 3.11 bits per heavy atom. The van der Waals surface area contributed by atoms with Gasteiger partial charge in [-0.2, -0.15) is 0 Å². The van der Waals surface area contributed by atoms with Crippen LogP contribution in [0, 0.1) is 0 Å². The van der Waals surface area contributed by atoms with E-state index in [4.69, 9.17) is 0 Å². The summed E-state index contributed by atoms with van der Waals surface area (Å²) in [4.78, 5) is 18.8. The summed E-state index contributed by atoms with van der Waals surface area (Å²) in [5.41, 5.74) is 0.646. The number of pyridine rings is 1. The first-order valence-corrected chi connectivity index (χ1v) is 7.11. The fraction of sp³-hybridized carbons (Fsp3) is 0.538. The summed E-state index contributed by atoms with van der Waals surface area (Å²) in [6, 6.07) is 2.22. The molecule has 0 bridgehead atoms. The molecule has 1 aliphatic heterocycles. The van der Waals surface area contributed by atoms with E-state index < -0.39 is 0 Å². The lowest BCUT2D eigenvalue weighted by atomic mass is 10.1. The van der Waals surface area contributed by atoms with E-state index in [1.54, 1.807) is 13.2 Å². The molecule has 5 heteroatoms. The van der Waals surface area contributed by atoms with Crippen molar-refractivity contribution in [2.75, 3.05) is 18.9 Å². The fourth-order valence-electron chi connectivity index (χ4n) is 2.48. The van der Waals surface area contributed by atoms with Gasteiger partial charge in [-0.1, -0.05) is 6.92 Å². The first-order chi connectivity index (χ1) is 8.67. The largest absolute Gasteiger partial charge is 0.372 e. The third-order valence-corrected chi connectivity index (χ3v) is 3.86. The van der Waals surface area contributed by atoms with Gasteiger partial charge >= 0.3 is 0 Å². The molecule has 0 radical (unpaired) electrons. The Balaban J connectivity index is 2.30. The quantitative estimate of drug-likeness (QED) is 0.933. The smallest absolute Gasteiger partial charge is 0.257 e. The number of hydrogen-bond acceptors (Lipinski definition) is 3. The molecule has 2 heterocycles. The molecular formula is C13H18BrN3O. The lowest BCUT2D eigenvalue weighted by Gasteiger charge is -2.24. The Morgan fingerprint density at radius 2 is 2.44 bits per heavy atom. The van der Waals surface area contributed by atoms with Gasteiger partial charge in [-0.25, -0.2) is 4.98 Å². The molecule has 0 saturated carbocycles. The number of nitrogens with one attached hydrogen (secondary N) is 1. The Bertz CT molecular complexity index is 450. The molecule has 1 aromatic heterocycles. The lowest BCUT2D eigenvalue weighted by Crippen LogP contribution is -2.35. The molecule has 1 aromatic rings. The molecule has 1 atom stereocenters. The molecule has 1 unspecified atom stereocenters. The number of halogens is 1. The van der Waals surface area contributed by atoms with Crippen molar-refractivity contribution in [2.24, 2.45) is 0 Å². The van der Waals surface area contributed by atoms with Crippen molar-refractivity contribution >= 4 is 27.7 Å². The highest BCUT2D eigenvalue weighted by Gasteiger charge is 2.29. The first-order valence-electron chi connectivity index (χ1n) is 6.31. The minimum atomic E-state index is 0.0810. The van der Waals surface area contributed by atoms with Gasteiger partial charge in [0, 0.05) is 30.3 Å². The van der Waals surface area contributed by atoms with Crippen molar-refractivity contribution in [1.29, 1.82) is 0 Å². The van der Waals surface area contributed by atoms with Gasteiger partial charge in [0.1, 0.15) is 5.82 Å². The number of amides is 1. The maximum Gasteiger partial charge on any atom is 0.257 e. The predicted molar refractivity (Wildman–Crippen MR) is 75.8 cm³/mol. The van der Waals surface area contributed by atoms with E-state index in [0.717, 1.165) is 30.3 Å². The predicted octanol–water partition coefficient (Wildman–Crippen LogP) is 2.90. The zero-order valence-corrected chi connectivity index (χ0v) is 12.3. The second-order valence-electron chi connectivity index (χ2n) is 4.50. The first kappa shape index (κ1) is 13.3. The molecule has 98 valence electrons. The summed E-state index contributed by atoms with van der Waals surface area (Å²) in [7, 11) is 1.79. The van der Waals surface area contributed by atoms with Crippen LogP contribution in [0.4, 0.5) is 5.82 Å². The molecule has 0 aliphatic carbocycles. The highest BCUT2D eigenvalue weighted by molar-refractivity contribution is 9.10. The minimum Gasteiger partial charge on any atom is -0.372 e. The SMILES string of the molecule is CCC1CCCN1C(=O)c1cc(Br)cnc1NC. The zero-order chi connectivity index (χ0) is 13.1. The molecule has 0 spiro atoms. The average Bonchev–Trinajstić information content (AvgIpc) is 2.86. The summed E-state index contributed by atoms with van der Waals surface area (Å²) in [6.07, 6.45) is 4.92. The average molecular weight is 312 g/mol. The maximum atomic E-state index is 12.6. The number of aromatic nitrogens is 1.